The van der Waals surface area contributed by atoms with Crippen LogP contribution in [0.2, 0.25) is 0 Å². The Labute approximate surface area is 92.8 Å². The average Bonchev–Trinajstić information content (AvgIpc) is 2.25. The van der Waals surface area contributed by atoms with Crippen molar-refractivity contribution in [2.24, 2.45) is 0 Å². The fourth-order valence-corrected chi connectivity index (χ4v) is 1.29. The molecule has 3 nitrogen and oxygen atoms in total. The lowest BCUT2D eigenvalue weighted by atomic mass is 10.1. The maximum Gasteiger partial charge on any atom is 0.417 e. The van der Waals surface area contributed by atoms with Crippen LogP contribution in [0, 0.1) is 0 Å². The Balaban J connectivity index is 3.52. The zero-order chi connectivity index (χ0) is 13.2. The van der Waals surface area contributed by atoms with Crippen molar-refractivity contribution in [1.82, 2.24) is 4.98 Å². The van der Waals surface area contributed by atoms with Gasteiger partial charge in [0.1, 0.15) is 0 Å². The van der Waals surface area contributed by atoms with Gasteiger partial charge in [-0.15, -0.1) is 0 Å². The normalized spacial score (nSPS) is 12.0. The molecule has 0 aliphatic heterocycles. The molecule has 0 saturated heterocycles. The molecule has 0 fully saturated rings. The van der Waals surface area contributed by atoms with Crippen molar-refractivity contribution in [2.45, 2.75) is 19.2 Å². The van der Waals surface area contributed by atoms with Crippen molar-refractivity contribution in [2.75, 3.05) is 7.11 Å². The Morgan fingerprint density at radius 3 is 2.35 bits per heavy atom. The molecule has 0 aromatic carbocycles. The first kappa shape index (κ1) is 13.6. The predicted octanol–water partition coefficient (Wildman–Crippen LogP) is 2.54. The van der Waals surface area contributed by atoms with Crippen molar-refractivity contribution in [1.29, 1.82) is 0 Å². The third kappa shape index (κ3) is 2.82. The van der Waals surface area contributed by atoms with Crippen LogP contribution in [-0.2, 0) is 12.8 Å². The Morgan fingerprint density at radius 2 is 2.00 bits per heavy atom. The molecule has 17 heavy (non-hydrogen) atoms. The first-order chi connectivity index (χ1) is 7.81. The predicted molar refractivity (Wildman–Crippen MR) is 46.7 cm³/mol. The van der Waals surface area contributed by atoms with Crippen LogP contribution >= 0.6 is 0 Å². The molecule has 0 aliphatic carbocycles. The molecular formula is C9H8F5NO2. The summed E-state index contributed by atoms with van der Waals surface area (Å²) in [5, 5.41) is 8.76. The van der Waals surface area contributed by atoms with E-state index in [-0.39, 0.29) is 0 Å². The van der Waals surface area contributed by atoms with Crippen molar-refractivity contribution in [3.8, 4) is 5.88 Å². The van der Waals surface area contributed by atoms with Gasteiger partial charge in [0, 0.05) is 6.07 Å². The van der Waals surface area contributed by atoms with Crippen LogP contribution in [0.1, 0.15) is 23.2 Å². The highest BCUT2D eigenvalue weighted by atomic mass is 19.4. The van der Waals surface area contributed by atoms with Crippen LogP contribution in [0.5, 0.6) is 5.88 Å². The Kier molecular flexibility index (Phi) is 3.87. The lowest BCUT2D eigenvalue weighted by Crippen LogP contribution is -2.14. The summed E-state index contributed by atoms with van der Waals surface area (Å²) in [5.41, 5.74) is -3.61. The number of aliphatic hydroxyl groups is 1. The van der Waals surface area contributed by atoms with E-state index < -0.39 is 41.9 Å². The standard InChI is InChI=1S/C9H8F5NO2/c1-17-6-2-4(9(12,13)14)7(8(10)11)5(3-16)15-6/h2,8,16H,3H2,1H3. The first-order valence-corrected chi connectivity index (χ1v) is 4.35. The molecular weight excluding hydrogens is 249 g/mol. The minimum Gasteiger partial charge on any atom is -0.481 e. The summed E-state index contributed by atoms with van der Waals surface area (Å²) in [6, 6.07) is 0.376. The van der Waals surface area contributed by atoms with Gasteiger partial charge in [0.05, 0.1) is 30.5 Å². The second kappa shape index (κ2) is 4.82. The number of nitrogens with zero attached hydrogens (tertiary/aromatic N) is 1. The van der Waals surface area contributed by atoms with Crippen molar-refractivity contribution in [3.05, 3.63) is 22.9 Å². The summed E-state index contributed by atoms with van der Waals surface area (Å²) in [7, 11) is 1.05. The first-order valence-electron chi connectivity index (χ1n) is 4.35. The van der Waals surface area contributed by atoms with E-state index in [1.807, 2.05) is 0 Å². The summed E-state index contributed by atoms with van der Waals surface area (Å²) in [6.45, 7) is -1.03. The fraction of sp³-hybridized carbons (Fsp3) is 0.444. The van der Waals surface area contributed by atoms with Crippen LogP contribution in [0.4, 0.5) is 22.0 Å². The lowest BCUT2D eigenvalue weighted by Gasteiger charge is -2.16. The molecule has 1 rings (SSSR count). The molecule has 1 heterocycles. The maximum absolute atomic E-state index is 12.5. The molecule has 96 valence electrons. The summed E-state index contributed by atoms with van der Waals surface area (Å²) in [6.07, 6.45) is -8.35. The highest BCUT2D eigenvalue weighted by Crippen LogP contribution is 2.39. The number of pyridine rings is 1. The van der Waals surface area contributed by atoms with Gasteiger partial charge in [0.2, 0.25) is 5.88 Å². The number of hydrogen-bond acceptors (Lipinski definition) is 3. The monoisotopic (exact) mass is 257 g/mol. The van der Waals surface area contributed by atoms with Crippen molar-refractivity contribution in [3.63, 3.8) is 0 Å². The molecule has 0 atom stereocenters. The van der Waals surface area contributed by atoms with E-state index in [0.29, 0.717) is 6.07 Å². The molecule has 0 amide bonds. The molecule has 1 aromatic heterocycles. The fourth-order valence-electron chi connectivity index (χ4n) is 1.29. The SMILES string of the molecule is COc1cc(C(F)(F)F)c(C(F)F)c(CO)n1. The number of halogens is 5. The van der Waals surface area contributed by atoms with Crippen LogP contribution in [0.15, 0.2) is 6.07 Å². The minimum absolute atomic E-state index is 0.376. The lowest BCUT2D eigenvalue weighted by molar-refractivity contribution is -0.139. The van der Waals surface area contributed by atoms with Gasteiger partial charge in [0.15, 0.2) is 0 Å². The van der Waals surface area contributed by atoms with Gasteiger partial charge in [0.25, 0.3) is 6.43 Å². The number of aliphatic hydroxyl groups excluding tert-OH is 1. The number of hydrogen-bond donors (Lipinski definition) is 1. The number of aromatic nitrogens is 1. The topological polar surface area (TPSA) is 42.4 Å². The van der Waals surface area contributed by atoms with E-state index in [1.165, 1.54) is 0 Å². The molecule has 0 aliphatic rings. The highest BCUT2D eigenvalue weighted by molar-refractivity contribution is 5.37. The quantitative estimate of drug-likeness (QED) is 0.846. The van der Waals surface area contributed by atoms with Crippen LogP contribution < -0.4 is 4.74 Å². The maximum atomic E-state index is 12.5. The van der Waals surface area contributed by atoms with E-state index in [4.69, 9.17) is 5.11 Å². The van der Waals surface area contributed by atoms with Gasteiger partial charge in [-0.3, -0.25) is 0 Å². The second-order valence-electron chi connectivity index (χ2n) is 3.03. The molecule has 0 spiro atoms. The summed E-state index contributed by atoms with van der Waals surface area (Å²) in [4.78, 5) is 3.35. The van der Waals surface area contributed by atoms with E-state index in [2.05, 4.69) is 9.72 Å². The van der Waals surface area contributed by atoms with E-state index in [0.717, 1.165) is 7.11 Å². The number of ether oxygens (including phenoxy) is 1. The Morgan fingerprint density at radius 1 is 1.41 bits per heavy atom. The summed E-state index contributed by atoms with van der Waals surface area (Å²) in [5.74, 6) is -0.481. The number of alkyl halides is 5. The molecule has 0 radical (unpaired) electrons. The van der Waals surface area contributed by atoms with E-state index in [9.17, 15) is 22.0 Å². The number of methoxy groups -OCH3 is 1. The highest BCUT2D eigenvalue weighted by Gasteiger charge is 2.38. The summed E-state index contributed by atoms with van der Waals surface area (Å²) < 4.78 is 67.2. The van der Waals surface area contributed by atoms with Crippen LogP contribution in [0.3, 0.4) is 0 Å². The van der Waals surface area contributed by atoms with Gasteiger partial charge in [-0.25, -0.2) is 13.8 Å². The van der Waals surface area contributed by atoms with Crippen molar-refractivity contribution >= 4 is 0 Å². The second-order valence-corrected chi connectivity index (χ2v) is 3.03. The van der Waals surface area contributed by atoms with Gasteiger partial charge in [-0.1, -0.05) is 0 Å². The largest absolute Gasteiger partial charge is 0.481 e. The van der Waals surface area contributed by atoms with Crippen molar-refractivity contribution < 1.29 is 31.8 Å². The van der Waals surface area contributed by atoms with Gasteiger partial charge < -0.3 is 9.84 Å². The third-order valence-electron chi connectivity index (χ3n) is 2.00. The average molecular weight is 257 g/mol. The van der Waals surface area contributed by atoms with Crippen LogP contribution in [0.25, 0.3) is 0 Å². The third-order valence-corrected chi connectivity index (χ3v) is 2.00. The number of rotatable bonds is 3. The van der Waals surface area contributed by atoms with E-state index >= 15 is 0 Å². The van der Waals surface area contributed by atoms with Crippen LogP contribution in [-0.4, -0.2) is 17.2 Å². The van der Waals surface area contributed by atoms with E-state index in [1.54, 1.807) is 0 Å². The Hall–Kier alpha value is -1.44. The minimum atomic E-state index is -4.97. The van der Waals surface area contributed by atoms with Gasteiger partial charge in [-0.05, 0) is 0 Å². The molecule has 8 heteroatoms. The van der Waals surface area contributed by atoms with Gasteiger partial charge >= 0.3 is 6.18 Å². The smallest absolute Gasteiger partial charge is 0.417 e. The summed E-state index contributed by atoms with van der Waals surface area (Å²) >= 11 is 0. The van der Waals surface area contributed by atoms with Gasteiger partial charge in [-0.2, -0.15) is 13.2 Å². The molecule has 1 aromatic rings. The molecule has 0 saturated carbocycles. The zero-order valence-corrected chi connectivity index (χ0v) is 8.55. The zero-order valence-electron chi connectivity index (χ0n) is 8.55. The molecule has 1 N–H and O–H groups in total. The Bertz CT molecular complexity index is 405. The molecule has 0 unspecified atom stereocenters. The molecule has 0 bridgehead atoms.